The van der Waals surface area contributed by atoms with Gasteiger partial charge in [-0.3, -0.25) is 0 Å². The summed E-state index contributed by atoms with van der Waals surface area (Å²) in [5.41, 5.74) is 2.51. The summed E-state index contributed by atoms with van der Waals surface area (Å²) in [6.07, 6.45) is 1.14. The van der Waals surface area contributed by atoms with Gasteiger partial charge in [-0.25, -0.2) is 0 Å². The number of hydrogen-bond acceptors (Lipinski definition) is 4. The van der Waals surface area contributed by atoms with Crippen LogP contribution in [0.2, 0.25) is 0 Å². The van der Waals surface area contributed by atoms with E-state index in [-0.39, 0.29) is 0 Å². The molecule has 1 aliphatic rings. The Bertz CT molecular complexity index is 481. The van der Waals surface area contributed by atoms with Crippen LogP contribution in [0.25, 0.3) is 0 Å². The Morgan fingerprint density at radius 1 is 1.35 bits per heavy atom. The molecule has 0 saturated carbocycles. The van der Waals surface area contributed by atoms with Crippen molar-refractivity contribution >= 4 is 27.7 Å². The molecule has 5 heteroatoms. The molecule has 1 aromatic carbocycles. The molecule has 2 unspecified atom stereocenters. The van der Waals surface area contributed by atoms with Crippen molar-refractivity contribution in [3.05, 3.63) is 21.7 Å². The molecule has 0 amide bonds. The van der Waals surface area contributed by atoms with Gasteiger partial charge in [-0.2, -0.15) is 11.8 Å². The minimum absolute atomic E-state index is 0.306. The van der Waals surface area contributed by atoms with Crippen molar-refractivity contribution < 1.29 is 9.47 Å². The minimum Gasteiger partial charge on any atom is -0.496 e. The lowest BCUT2D eigenvalue weighted by molar-refractivity contribution is 0.380. The maximum absolute atomic E-state index is 5.66. The highest BCUT2D eigenvalue weighted by Gasteiger charge is 2.34. The Kier molecular flexibility index (Phi) is 5.64. The number of hydrogen-bond donors (Lipinski definition) is 1. The van der Waals surface area contributed by atoms with E-state index in [1.807, 2.05) is 17.8 Å². The minimum atomic E-state index is 0.306. The Labute approximate surface area is 133 Å². The molecule has 112 valence electrons. The second kappa shape index (κ2) is 7.05. The van der Waals surface area contributed by atoms with Crippen LogP contribution in [0.3, 0.4) is 0 Å². The van der Waals surface area contributed by atoms with Gasteiger partial charge in [-0.05, 0) is 35.0 Å². The molecule has 2 atom stereocenters. The number of halogens is 1. The van der Waals surface area contributed by atoms with Gasteiger partial charge in [-0.15, -0.1) is 0 Å². The fraction of sp³-hybridized carbons (Fsp3) is 0.600. The van der Waals surface area contributed by atoms with Gasteiger partial charge in [0, 0.05) is 28.2 Å². The molecular formula is C15H22BrNO2S. The third-order valence-corrected chi connectivity index (χ3v) is 5.79. The predicted octanol–water partition coefficient (Wildman–Crippen LogP) is 4.14. The molecule has 0 bridgehead atoms. The third kappa shape index (κ3) is 2.81. The monoisotopic (exact) mass is 359 g/mol. The second-order valence-corrected chi connectivity index (χ2v) is 6.86. The largest absolute Gasteiger partial charge is 0.496 e. The molecule has 0 radical (unpaired) electrons. The van der Waals surface area contributed by atoms with E-state index in [0.717, 1.165) is 34.7 Å². The summed E-state index contributed by atoms with van der Waals surface area (Å²) in [5.74, 6) is 2.85. The number of rotatable bonds is 5. The average Bonchev–Trinajstić information content (AvgIpc) is 2.47. The zero-order chi connectivity index (χ0) is 14.7. The van der Waals surface area contributed by atoms with Crippen LogP contribution in [0.5, 0.6) is 11.5 Å². The first kappa shape index (κ1) is 16.0. The summed E-state index contributed by atoms with van der Waals surface area (Å²) in [7, 11) is 3.46. The number of thioether (sulfide) groups is 1. The molecule has 1 heterocycles. The second-order valence-electron chi connectivity index (χ2n) is 4.78. The van der Waals surface area contributed by atoms with Crippen LogP contribution in [-0.4, -0.2) is 26.0 Å². The molecule has 0 saturated heterocycles. The van der Waals surface area contributed by atoms with Crippen LogP contribution < -0.4 is 14.8 Å². The van der Waals surface area contributed by atoms with E-state index in [0.29, 0.717) is 11.3 Å². The number of nitrogens with one attached hydrogen (secondary N) is 1. The van der Waals surface area contributed by atoms with Crippen molar-refractivity contribution in [2.24, 2.45) is 0 Å². The van der Waals surface area contributed by atoms with Crippen molar-refractivity contribution in [2.75, 3.05) is 20.8 Å². The highest BCUT2D eigenvalue weighted by molar-refractivity contribution is 9.10. The zero-order valence-corrected chi connectivity index (χ0v) is 14.9. The first-order chi connectivity index (χ1) is 9.67. The van der Waals surface area contributed by atoms with Gasteiger partial charge in [0.05, 0.1) is 18.7 Å². The lowest BCUT2D eigenvalue weighted by Crippen LogP contribution is -2.33. The van der Waals surface area contributed by atoms with Crippen LogP contribution in [-0.2, 0) is 5.75 Å². The van der Waals surface area contributed by atoms with Crippen LogP contribution in [0.1, 0.15) is 37.4 Å². The molecule has 0 aromatic heterocycles. The van der Waals surface area contributed by atoms with Crippen LogP contribution in [0.15, 0.2) is 10.5 Å². The van der Waals surface area contributed by atoms with Crippen LogP contribution >= 0.6 is 27.7 Å². The van der Waals surface area contributed by atoms with E-state index in [2.05, 4.69) is 35.1 Å². The summed E-state index contributed by atoms with van der Waals surface area (Å²) >= 11 is 5.60. The fourth-order valence-electron chi connectivity index (χ4n) is 2.81. The molecule has 1 N–H and O–H groups in total. The van der Waals surface area contributed by atoms with Gasteiger partial charge in [0.25, 0.3) is 0 Å². The maximum Gasteiger partial charge on any atom is 0.138 e. The van der Waals surface area contributed by atoms with Crippen molar-refractivity contribution in [1.82, 2.24) is 5.32 Å². The van der Waals surface area contributed by atoms with Crippen molar-refractivity contribution in [2.45, 2.75) is 37.3 Å². The summed E-state index contributed by atoms with van der Waals surface area (Å²) in [5, 5.41) is 4.18. The molecule has 20 heavy (non-hydrogen) atoms. The van der Waals surface area contributed by atoms with Crippen LogP contribution in [0.4, 0.5) is 0 Å². The maximum atomic E-state index is 5.66. The number of fused-ring (bicyclic) bond motifs is 1. The zero-order valence-electron chi connectivity index (χ0n) is 12.5. The molecule has 0 aliphatic carbocycles. The van der Waals surface area contributed by atoms with Gasteiger partial charge in [0.15, 0.2) is 0 Å². The van der Waals surface area contributed by atoms with Gasteiger partial charge in [-0.1, -0.05) is 13.8 Å². The summed E-state index contributed by atoms with van der Waals surface area (Å²) < 4.78 is 12.2. The van der Waals surface area contributed by atoms with Gasteiger partial charge in [0.1, 0.15) is 11.5 Å². The van der Waals surface area contributed by atoms with E-state index in [4.69, 9.17) is 9.47 Å². The first-order valence-electron chi connectivity index (χ1n) is 6.96. The van der Waals surface area contributed by atoms with Gasteiger partial charge >= 0.3 is 0 Å². The van der Waals surface area contributed by atoms with Gasteiger partial charge in [0.2, 0.25) is 0 Å². The molecule has 2 rings (SSSR count). The van der Waals surface area contributed by atoms with E-state index in [1.54, 1.807) is 14.2 Å². The average molecular weight is 360 g/mol. The van der Waals surface area contributed by atoms with E-state index >= 15 is 0 Å². The van der Waals surface area contributed by atoms with Crippen molar-refractivity contribution in [3.63, 3.8) is 0 Å². The lowest BCUT2D eigenvalue weighted by atomic mass is 9.94. The van der Waals surface area contributed by atoms with Crippen molar-refractivity contribution in [1.29, 1.82) is 0 Å². The first-order valence-corrected chi connectivity index (χ1v) is 8.80. The summed E-state index contributed by atoms with van der Waals surface area (Å²) in [6.45, 7) is 5.33. The standard InChI is InChI=1S/C15H22BrNO2S/c1-5-12-14(17-6-2)13-9(8-20-12)11(18-3)7-10(16)15(13)19-4/h7,12,14,17H,5-6,8H2,1-4H3. The SMILES string of the molecule is CCNC1c2c(c(OC)cc(Br)c2OC)CSC1CC. The molecule has 0 spiro atoms. The Balaban J connectivity index is 2.61. The highest BCUT2D eigenvalue weighted by atomic mass is 79.9. The van der Waals surface area contributed by atoms with E-state index < -0.39 is 0 Å². The third-order valence-electron chi connectivity index (χ3n) is 3.72. The fourth-order valence-corrected chi connectivity index (χ4v) is 4.74. The molecule has 0 fully saturated rings. The number of ether oxygens (including phenoxy) is 2. The van der Waals surface area contributed by atoms with Crippen molar-refractivity contribution in [3.8, 4) is 11.5 Å². The number of benzene rings is 1. The smallest absolute Gasteiger partial charge is 0.138 e. The summed E-state index contributed by atoms with van der Waals surface area (Å²) in [6, 6.07) is 2.31. The number of methoxy groups -OCH3 is 2. The Morgan fingerprint density at radius 3 is 2.65 bits per heavy atom. The Hall–Kier alpha value is -0.390. The lowest BCUT2D eigenvalue weighted by Gasteiger charge is -2.35. The predicted molar refractivity (Wildman–Crippen MR) is 89.0 cm³/mol. The summed E-state index contributed by atoms with van der Waals surface area (Å²) in [4.78, 5) is 0. The van der Waals surface area contributed by atoms with E-state index in [1.165, 1.54) is 11.1 Å². The molecular weight excluding hydrogens is 338 g/mol. The van der Waals surface area contributed by atoms with Gasteiger partial charge < -0.3 is 14.8 Å². The molecule has 1 aromatic rings. The topological polar surface area (TPSA) is 30.5 Å². The molecule has 1 aliphatic heterocycles. The molecule has 3 nitrogen and oxygen atoms in total. The Morgan fingerprint density at radius 2 is 2.10 bits per heavy atom. The van der Waals surface area contributed by atoms with Crippen LogP contribution in [0, 0.1) is 0 Å². The van der Waals surface area contributed by atoms with E-state index in [9.17, 15) is 0 Å². The normalized spacial score (nSPS) is 21.4. The quantitative estimate of drug-likeness (QED) is 0.855. The highest BCUT2D eigenvalue weighted by Crippen LogP contribution is 2.49.